The van der Waals surface area contributed by atoms with Crippen LogP contribution in [0.4, 0.5) is 13.2 Å². The fraction of sp³-hybridized carbons (Fsp3) is 0.538. The van der Waals surface area contributed by atoms with Gasteiger partial charge < -0.3 is 10.1 Å². The molecule has 0 amide bonds. The Morgan fingerprint density at radius 1 is 1.37 bits per heavy atom. The second-order valence-corrected chi connectivity index (χ2v) is 4.63. The maximum atomic E-state index is 13.3. The van der Waals surface area contributed by atoms with Gasteiger partial charge in [-0.2, -0.15) is 0 Å². The number of aryl methyl sites for hydroxylation is 1. The fourth-order valence-corrected chi connectivity index (χ4v) is 2.06. The molecule has 0 saturated heterocycles. The van der Waals surface area contributed by atoms with Crippen molar-refractivity contribution in [2.45, 2.75) is 25.8 Å². The number of alkyl halides is 2. The van der Waals surface area contributed by atoms with Crippen molar-refractivity contribution in [3.8, 4) is 0 Å². The summed E-state index contributed by atoms with van der Waals surface area (Å²) in [6.45, 7) is 1.25. The molecule has 0 aliphatic carbocycles. The van der Waals surface area contributed by atoms with Crippen LogP contribution in [0.5, 0.6) is 0 Å². The topological polar surface area (TPSA) is 21.3 Å². The second-order valence-electron chi connectivity index (χ2n) is 4.22. The van der Waals surface area contributed by atoms with E-state index in [1.807, 2.05) is 0 Å². The minimum absolute atomic E-state index is 0.163. The van der Waals surface area contributed by atoms with Crippen molar-refractivity contribution in [1.29, 1.82) is 0 Å². The van der Waals surface area contributed by atoms with E-state index in [-0.39, 0.29) is 18.5 Å². The highest BCUT2D eigenvalue weighted by Gasteiger charge is 2.15. The van der Waals surface area contributed by atoms with Crippen molar-refractivity contribution in [3.63, 3.8) is 0 Å². The van der Waals surface area contributed by atoms with E-state index >= 15 is 0 Å². The van der Waals surface area contributed by atoms with Gasteiger partial charge in [-0.25, -0.2) is 13.2 Å². The largest absolute Gasteiger partial charge is 0.375 e. The van der Waals surface area contributed by atoms with Gasteiger partial charge in [-0.15, -0.1) is 0 Å². The monoisotopic (exact) mass is 295 g/mol. The van der Waals surface area contributed by atoms with Crippen molar-refractivity contribution < 1.29 is 17.9 Å². The van der Waals surface area contributed by atoms with Gasteiger partial charge in [-0.05, 0) is 37.6 Å². The molecule has 108 valence electrons. The van der Waals surface area contributed by atoms with E-state index in [0.29, 0.717) is 17.0 Å². The van der Waals surface area contributed by atoms with Crippen LogP contribution in [0, 0.1) is 12.7 Å². The molecule has 0 fully saturated rings. The van der Waals surface area contributed by atoms with E-state index in [9.17, 15) is 13.2 Å². The van der Waals surface area contributed by atoms with E-state index in [1.54, 1.807) is 20.0 Å². The molecule has 1 aromatic rings. The van der Waals surface area contributed by atoms with Gasteiger partial charge in [-0.3, -0.25) is 0 Å². The van der Waals surface area contributed by atoms with Gasteiger partial charge >= 0.3 is 0 Å². The van der Waals surface area contributed by atoms with Crippen LogP contribution in [0.1, 0.15) is 23.6 Å². The lowest BCUT2D eigenvalue weighted by Crippen LogP contribution is -2.20. The molecule has 2 nitrogen and oxygen atoms in total. The van der Waals surface area contributed by atoms with Crippen LogP contribution in [0.2, 0.25) is 5.02 Å². The lowest BCUT2D eigenvalue weighted by atomic mass is 10.0. The Morgan fingerprint density at radius 3 is 2.63 bits per heavy atom. The first-order valence-corrected chi connectivity index (χ1v) is 6.32. The van der Waals surface area contributed by atoms with Gasteiger partial charge in [0.25, 0.3) is 6.43 Å². The molecule has 0 aliphatic heterocycles. The van der Waals surface area contributed by atoms with Crippen LogP contribution < -0.4 is 5.32 Å². The van der Waals surface area contributed by atoms with Gasteiger partial charge in [0.2, 0.25) is 0 Å². The zero-order chi connectivity index (χ0) is 14.4. The summed E-state index contributed by atoms with van der Waals surface area (Å²) in [5.41, 5.74) is 1.23. The summed E-state index contributed by atoms with van der Waals surface area (Å²) in [5, 5.41) is 3.34. The molecule has 1 N–H and O–H groups in total. The maximum Gasteiger partial charge on any atom is 0.261 e. The van der Waals surface area contributed by atoms with Crippen LogP contribution in [0.3, 0.4) is 0 Å². The van der Waals surface area contributed by atoms with Gasteiger partial charge in [-0.1, -0.05) is 17.7 Å². The van der Waals surface area contributed by atoms with Gasteiger partial charge in [0.15, 0.2) is 0 Å². The Balaban J connectivity index is 2.67. The Bertz CT molecular complexity index is 415. The average Bonchev–Trinajstić information content (AvgIpc) is 2.34. The summed E-state index contributed by atoms with van der Waals surface area (Å²) in [6, 6.07) is 2.76. The minimum atomic E-state index is -2.47. The molecular formula is C13H17ClF3NO. The fourth-order valence-electron chi connectivity index (χ4n) is 1.78. The Labute approximate surface area is 115 Å². The molecule has 0 spiro atoms. The number of benzene rings is 1. The average molecular weight is 296 g/mol. The summed E-state index contributed by atoms with van der Waals surface area (Å²) in [6.07, 6.45) is -1.99. The van der Waals surface area contributed by atoms with Gasteiger partial charge in [0.05, 0.1) is 0 Å². The Morgan fingerprint density at radius 2 is 2.05 bits per heavy atom. The van der Waals surface area contributed by atoms with Crippen LogP contribution in [0.15, 0.2) is 12.1 Å². The number of hydrogen-bond acceptors (Lipinski definition) is 2. The first-order chi connectivity index (χ1) is 8.95. The van der Waals surface area contributed by atoms with Crippen LogP contribution >= 0.6 is 11.6 Å². The molecule has 19 heavy (non-hydrogen) atoms. The quantitative estimate of drug-likeness (QED) is 0.774. The number of halogens is 4. The van der Waals surface area contributed by atoms with Crippen molar-refractivity contribution in [3.05, 3.63) is 34.1 Å². The number of nitrogens with one attached hydrogen (secondary N) is 1. The molecule has 1 unspecified atom stereocenters. The third-order valence-electron chi connectivity index (χ3n) is 2.80. The normalized spacial score (nSPS) is 13.0. The summed E-state index contributed by atoms with van der Waals surface area (Å²) in [7, 11) is 1.73. The standard InChI is InChI=1S/C13H17ClF3NO/c1-8-5-9(10(14)6-11(8)15)12(18-2)3-4-19-7-13(16)17/h5-6,12-13,18H,3-4,7H2,1-2H3. The zero-order valence-corrected chi connectivity index (χ0v) is 11.6. The van der Waals surface area contributed by atoms with Crippen LogP contribution in [-0.2, 0) is 4.74 Å². The third-order valence-corrected chi connectivity index (χ3v) is 3.12. The summed E-state index contributed by atoms with van der Waals surface area (Å²) in [4.78, 5) is 0. The first kappa shape index (κ1) is 16.3. The molecular weight excluding hydrogens is 279 g/mol. The van der Waals surface area contributed by atoms with Gasteiger partial charge in [0.1, 0.15) is 12.4 Å². The third kappa shape index (κ3) is 5.01. The molecule has 1 atom stereocenters. The van der Waals surface area contributed by atoms with Gasteiger partial charge in [0, 0.05) is 17.7 Å². The highest BCUT2D eigenvalue weighted by Crippen LogP contribution is 2.27. The lowest BCUT2D eigenvalue weighted by Gasteiger charge is -2.19. The van der Waals surface area contributed by atoms with E-state index in [4.69, 9.17) is 16.3 Å². The highest BCUT2D eigenvalue weighted by molar-refractivity contribution is 6.31. The molecule has 0 aliphatic rings. The highest BCUT2D eigenvalue weighted by atomic mass is 35.5. The van der Waals surface area contributed by atoms with E-state index in [0.717, 1.165) is 5.56 Å². The zero-order valence-electron chi connectivity index (χ0n) is 10.9. The van der Waals surface area contributed by atoms with Crippen molar-refractivity contribution in [1.82, 2.24) is 5.32 Å². The SMILES string of the molecule is CNC(CCOCC(F)F)c1cc(C)c(F)cc1Cl. The van der Waals surface area contributed by atoms with E-state index in [1.165, 1.54) is 6.07 Å². The number of ether oxygens (including phenoxy) is 1. The van der Waals surface area contributed by atoms with Crippen LogP contribution in [-0.4, -0.2) is 26.7 Å². The Kier molecular flexibility index (Phi) is 6.62. The molecule has 1 aromatic carbocycles. The summed E-state index contributed by atoms with van der Waals surface area (Å²) in [5.74, 6) is -0.363. The van der Waals surface area contributed by atoms with E-state index < -0.39 is 13.0 Å². The molecule has 0 aromatic heterocycles. The molecule has 0 radical (unpaired) electrons. The minimum Gasteiger partial charge on any atom is -0.375 e. The predicted molar refractivity (Wildman–Crippen MR) is 69.4 cm³/mol. The molecule has 0 heterocycles. The summed E-state index contributed by atoms with van der Waals surface area (Å²) < 4.78 is 42.0. The summed E-state index contributed by atoms with van der Waals surface area (Å²) >= 11 is 6.00. The number of hydrogen-bond donors (Lipinski definition) is 1. The predicted octanol–water partition coefficient (Wildman–Crippen LogP) is 3.72. The van der Waals surface area contributed by atoms with Crippen LogP contribution in [0.25, 0.3) is 0 Å². The van der Waals surface area contributed by atoms with E-state index in [2.05, 4.69) is 5.32 Å². The lowest BCUT2D eigenvalue weighted by molar-refractivity contribution is 0.0145. The molecule has 1 rings (SSSR count). The maximum absolute atomic E-state index is 13.3. The van der Waals surface area contributed by atoms with Crippen molar-refractivity contribution in [2.24, 2.45) is 0 Å². The molecule has 6 heteroatoms. The molecule has 0 bridgehead atoms. The molecule has 0 saturated carbocycles. The second kappa shape index (κ2) is 7.72. The van der Waals surface area contributed by atoms with Crippen molar-refractivity contribution in [2.75, 3.05) is 20.3 Å². The number of rotatable bonds is 7. The smallest absolute Gasteiger partial charge is 0.261 e. The Hall–Kier alpha value is -0.780. The first-order valence-electron chi connectivity index (χ1n) is 5.94. The van der Waals surface area contributed by atoms with Crippen molar-refractivity contribution >= 4 is 11.6 Å².